The zero-order chi connectivity index (χ0) is 45.7. The Morgan fingerprint density at radius 1 is 0.484 bits per heavy atom. The summed E-state index contributed by atoms with van der Waals surface area (Å²) < 4.78 is 34.5. The predicted octanol–water partition coefficient (Wildman–Crippen LogP) is 15.7. The maximum Gasteiger partial charge on any atom is 0.472 e. The Morgan fingerprint density at radius 3 is 1.19 bits per heavy atom. The SMILES string of the molecule is CCCCCCCCCC/C=C\CCCCCCCCCC(=O)OC[C@H](COP(=O)(O)OCC[N+](C)(C)C)OC(=O)CCCCCCCCCCCCCCCCCCCCC. The monoisotopic (exact) mass is 901 g/mol. The minimum Gasteiger partial charge on any atom is -0.462 e. The summed E-state index contributed by atoms with van der Waals surface area (Å²) in [5, 5.41) is 0. The van der Waals surface area contributed by atoms with Gasteiger partial charge in [-0.3, -0.25) is 18.6 Å². The van der Waals surface area contributed by atoms with Crippen LogP contribution in [0, 0.1) is 0 Å². The van der Waals surface area contributed by atoms with Crippen molar-refractivity contribution in [2.24, 2.45) is 0 Å². The van der Waals surface area contributed by atoms with E-state index in [1.54, 1.807) is 0 Å². The number of allylic oxidation sites excluding steroid dienone is 2. The average molecular weight is 901 g/mol. The molecule has 0 saturated heterocycles. The molecule has 9 nitrogen and oxygen atoms in total. The lowest BCUT2D eigenvalue weighted by atomic mass is 10.0. The van der Waals surface area contributed by atoms with Gasteiger partial charge in [-0.15, -0.1) is 0 Å². The summed E-state index contributed by atoms with van der Waals surface area (Å²) >= 11 is 0. The molecule has 368 valence electrons. The van der Waals surface area contributed by atoms with Crippen LogP contribution >= 0.6 is 7.82 Å². The van der Waals surface area contributed by atoms with Gasteiger partial charge in [0.2, 0.25) is 0 Å². The summed E-state index contributed by atoms with van der Waals surface area (Å²) in [7, 11) is 1.49. The van der Waals surface area contributed by atoms with Gasteiger partial charge in [-0.05, 0) is 38.5 Å². The number of esters is 2. The van der Waals surface area contributed by atoms with Crippen molar-refractivity contribution in [1.82, 2.24) is 0 Å². The highest BCUT2D eigenvalue weighted by Gasteiger charge is 2.27. The van der Waals surface area contributed by atoms with Crippen LogP contribution in [0.5, 0.6) is 0 Å². The molecule has 0 spiro atoms. The Bertz CT molecular complexity index is 1060. The fourth-order valence-electron chi connectivity index (χ4n) is 7.66. The highest BCUT2D eigenvalue weighted by atomic mass is 31.2. The van der Waals surface area contributed by atoms with Gasteiger partial charge < -0.3 is 18.9 Å². The lowest BCUT2D eigenvalue weighted by Gasteiger charge is -2.24. The van der Waals surface area contributed by atoms with E-state index in [-0.39, 0.29) is 32.0 Å². The van der Waals surface area contributed by atoms with E-state index >= 15 is 0 Å². The minimum atomic E-state index is -4.38. The zero-order valence-corrected chi connectivity index (χ0v) is 42.5. The second-order valence-electron chi connectivity index (χ2n) is 19.3. The third-order valence-electron chi connectivity index (χ3n) is 11.8. The molecule has 0 radical (unpaired) electrons. The lowest BCUT2D eigenvalue weighted by molar-refractivity contribution is -0.870. The third-order valence-corrected chi connectivity index (χ3v) is 12.8. The molecule has 0 aliphatic carbocycles. The van der Waals surface area contributed by atoms with E-state index in [4.69, 9.17) is 18.5 Å². The van der Waals surface area contributed by atoms with Gasteiger partial charge in [0.05, 0.1) is 27.7 Å². The summed E-state index contributed by atoms with van der Waals surface area (Å²) in [6.07, 6.45) is 49.7. The van der Waals surface area contributed by atoms with Crippen molar-refractivity contribution < 1.29 is 42.1 Å². The molecule has 10 heteroatoms. The van der Waals surface area contributed by atoms with Crippen LogP contribution in [-0.2, 0) is 32.7 Å². The standard InChI is InChI=1S/C52H102NO8P/c1-6-8-10-12-14-16-18-20-22-24-26-28-30-32-34-36-38-40-42-44-51(54)58-48-50(49-60-62(56,57)59-47-46-53(3,4)5)61-52(55)45-43-41-39-37-35-33-31-29-27-25-23-21-19-17-15-13-11-9-7-2/h24,26,50H,6-23,25,27-49H2,1-5H3/p+1/b26-24-/t50-/m1/s1. The van der Waals surface area contributed by atoms with E-state index in [1.165, 1.54) is 193 Å². The minimum absolute atomic E-state index is 0.0346. The smallest absolute Gasteiger partial charge is 0.462 e. The summed E-state index contributed by atoms with van der Waals surface area (Å²) in [5.41, 5.74) is 0. The summed E-state index contributed by atoms with van der Waals surface area (Å²) in [6.45, 7) is 4.47. The number of phosphoric ester groups is 1. The van der Waals surface area contributed by atoms with Crippen molar-refractivity contribution in [2.45, 2.75) is 264 Å². The Balaban J connectivity index is 4.21. The summed E-state index contributed by atoms with van der Waals surface area (Å²) in [5.74, 6) is -0.787. The number of unbranched alkanes of at least 4 members (excludes halogenated alkanes) is 33. The molecule has 0 aliphatic rings. The van der Waals surface area contributed by atoms with Gasteiger partial charge in [-0.2, -0.15) is 0 Å². The van der Waals surface area contributed by atoms with Crippen LogP contribution in [0.15, 0.2) is 12.2 Å². The van der Waals surface area contributed by atoms with Crippen LogP contribution in [0.1, 0.15) is 258 Å². The van der Waals surface area contributed by atoms with E-state index in [1.807, 2.05) is 21.1 Å². The Labute approximate surface area is 384 Å². The number of nitrogens with zero attached hydrogens (tertiary/aromatic N) is 1. The van der Waals surface area contributed by atoms with Gasteiger partial charge in [-0.1, -0.05) is 219 Å². The molecule has 0 heterocycles. The first-order valence-electron chi connectivity index (χ1n) is 26.4. The first-order chi connectivity index (χ1) is 30.0. The molecule has 0 amide bonds. The van der Waals surface area contributed by atoms with Crippen LogP contribution in [0.25, 0.3) is 0 Å². The van der Waals surface area contributed by atoms with Crippen LogP contribution in [0.3, 0.4) is 0 Å². The average Bonchev–Trinajstić information content (AvgIpc) is 3.23. The number of hydrogen-bond acceptors (Lipinski definition) is 7. The number of likely N-dealkylation sites (N-methyl/N-ethyl adjacent to an activating group) is 1. The number of hydrogen-bond donors (Lipinski definition) is 1. The Kier molecular flexibility index (Phi) is 44.0. The molecule has 0 aromatic carbocycles. The van der Waals surface area contributed by atoms with Gasteiger partial charge >= 0.3 is 19.8 Å². The molecule has 0 fully saturated rings. The van der Waals surface area contributed by atoms with Gasteiger partial charge in [0, 0.05) is 12.8 Å². The van der Waals surface area contributed by atoms with Crippen molar-refractivity contribution in [3.63, 3.8) is 0 Å². The van der Waals surface area contributed by atoms with E-state index in [9.17, 15) is 19.0 Å². The lowest BCUT2D eigenvalue weighted by Crippen LogP contribution is -2.37. The maximum absolute atomic E-state index is 12.8. The fraction of sp³-hybridized carbons (Fsp3) is 0.923. The Morgan fingerprint density at radius 2 is 0.823 bits per heavy atom. The fourth-order valence-corrected chi connectivity index (χ4v) is 8.40. The first-order valence-corrected chi connectivity index (χ1v) is 27.9. The highest BCUT2D eigenvalue weighted by molar-refractivity contribution is 7.47. The molecule has 0 rings (SSSR count). The van der Waals surface area contributed by atoms with Gasteiger partial charge in [0.15, 0.2) is 6.10 Å². The summed E-state index contributed by atoms with van der Waals surface area (Å²) in [4.78, 5) is 35.6. The third kappa shape index (κ3) is 48.2. The first kappa shape index (κ1) is 60.8. The predicted molar refractivity (Wildman–Crippen MR) is 261 cm³/mol. The zero-order valence-electron chi connectivity index (χ0n) is 41.6. The van der Waals surface area contributed by atoms with Crippen molar-refractivity contribution in [3.05, 3.63) is 12.2 Å². The summed E-state index contributed by atoms with van der Waals surface area (Å²) in [6, 6.07) is 0. The number of phosphoric acid groups is 1. The van der Waals surface area contributed by atoms with Gasteiger partial charge in [-0.25, -0.2) is 4.57 Å². The quantitative estimate of drug-likeness (QED) is 0.0211. The number of rotatable bonds is 49. The second kappa shape index (κ2) is 44.9. The van der Waals surface area contributed by atoms with Crippen molar-refractivity contribution in [1.29, 1.82) is 0 Å². The molecule has 1 N–H and O–H groups in total. The van der Waals surface area contributed by atoms with Crippen LogP contribution in [0.2, 0.25) is 0 Å². The number of quaternary nitrogens is 1. The van der Waals surface area contributed by atoms with Crippen LogP contribution in [0.4, 0.5) is 0 Å². The van der Waals surface area contributed by atoms with Gasteiger partial charge in [0.25, 0.3) is 0 Å². The van der Waals surface area contributed by atoms with E-state index in [0.717, 1.165) is 32.1 Å². The molecule has 0 aromatic heterocycles. The van der Waals surface area contributed by atoms with Crippen molar-refractivity contribution in [3.8, 4) is 0 Å². The van der Waals surface area contributed by atoms with Crippen molar-refractivity contribution >= 4 is 19.8 Å². The largest absolute Gasteiger partial charge is 0.472 e. The van der Waals surface area contributed by atoms with Crippen LogP contribution in [-0.4, -0.2) is 74.9 Å². The molecule has 0 bridgehead atoms. The number of ether oxygens (including phenoxy) is 2. The molecule has 0 aliphatic heterocycles. The second-order valence-corrected chi connectivity index (χ2v) is 20.7. The molecule has 1 unspecified atom stereocenters. The molecular formula is C52H103NO8P+. The van der Waals surface area contributed by atoms with E-state index in [0.29, 0.717) is 17.4 Å². The van der Waals surface area contributed by atoms with E-state index < -0.39 is 26.5 Å². The number of carbonyl (C=O) groups excluding carboxylic acids is 2. The maximum atomic E-state index is 12.8. The van der Waals surface area contributed by atoms with E-state index in [2.05, 4.69) is 26.0 Å². The molecule has 2 atom stereocenters. The van der Waals surface area contributed by atoms with Crippen molar-refractivity contribution in [2.75, 3.05) is 47.5 Å². The molecular weight excluding hydrogens is 798 g/mol. The molecule has 62 heavy (non-hydrogen) atoms. The molecule has 0 saturated carbocycles. The Hall–Kier alpha value is -1.25. The normalized spacial score (nSPS) is 13.5. The highest BCUT2D eigenvalue weighted by Crippen LogP contribution is 2.43. The number of carbonyl (C=O) groups is 2. The van der Waals surface area contributed by atoms with Gasteiger partial charge in [0.1, 0.15) is 19.8 Å². The topological polar surface area (TPSA) is 108 Å². The van der Waals surface area contributed by atoms with Crippen LogP contribution < -0.4 is 0 Å². The molecule has 0 aromatic rings.